The summed E-state index contributed by atoms with van der Waals surface area (Å²) in [6, 6.07) is -0.310. The molecule has 0 fully saturated rings. The number of urea groups is 1. The van der Waals surface area contributed by atoms with Crippen molar-refractivity contribution in [1.82, 2.24) is 15.6 Å². The SMILES string of the molecule is COCC(C)CNC(=O)NCc1nc(C(=O)O)cs1. The first-order valence-corrected chi connectivity index (χ1v) is 6.59. The van der Waals surface area contributed by atoms with Gasteiger partial charge in [0.25, 0.3) is 0 Å². The van der Waals surface area contributed by atoms with E-state index in [0.717, 1.165) is 0 Å². The van der Waals surface area contributed by atoms with E-state index in [2.05, 4.69) is 15.6 Å². The number of carboxylic acids is 1. The molecule has 0 aliphatic carbocycles. The number of ether oxygens (including phenoxy) is 1. The summed E-state index contributed by atoms with van der Waals surface area (Å²) >= 11 is 1.20. The van der Waals surface area contributed by atoms with E-state index >= 15 is 0 Å². The highest BCUT2D eigenvalue weighted by Crippen LogP contribution is 2.09. The van der Waals surface area contributed by atoms with Crippen LogP contribution in [-0.2, 0) is 11.3 Å². The smallest absolute Gasteiger partial charge is 0.355 e. The van der Waals surface area contributed by atoms with Gasteiger partial charge in [-0.2, -0.15) is 0 Å². The zero-order chi connectivity index (χ0) is 14.3. The zero-order valence-electron chi connectivity index (χ0n) is 10.8. The first kappa shape index (κ1) is 15.4. The van der Waals surface area contributed by atoms with Gasteiger partial charge in [-0.3, -0.25) is 0 Å². The van der Waals surface area contributed by atoms with Gasteiger partial charge in [0.05, 0.1) is 13.2 Å². The van der Waals surface area contributed by atoms with E-state index in [9.17, 15) is 9.59 Å². The van der Waals surface area contributed by atoms with E-state index in [1.54, 1.807) is 7.11 Å². The molecule has 1 aromatic rings. The van der Waals surface area contributed by atoms with Gasteiger partial charge in [-0.05, 0) is 5.92 Å². The highest BCUT2D eigenvalue weighted by Gasteiger charge is 2.09. The Morgan fingerprint density at radius 1 is 1.53 bits per heavy atom. The Hall–Kier alpha value is -1.67. The van der Waals surface area contributed by atoms with Crippen molar-refractivity contribution in [3.63, 3.8) is 0 Å². The van der Waals surface area contributed by atoms with Crippen LogP contribution in [0.25, 0.3) is 0 Å². The molecule has 106 valence electrons. The summed E-state index contributed by atoms with van der Waals surface area (Å²) in [7, 11) is 1.61. The molecule has 0 saturated heterocycles. The van der Waals surface area contributed by atoms with Crippen LogP contribution >= 0.6 is 11.3 Å². The van der Waals surface area contributed by atoms with Gasteiger partial charge in [0.15, 0.2) is 5.69 Å². The molecule has 0 radical (unpaired) electrons. The predicted molar refractivity (Wildman–Crippen MR) is 70.4 cm³/mol. The summed E-state index contributed by atoms with van der Waals surface area (Å²) in [5.41, 5.74) is -0.00377. The molecular weight excluding hydrogens is 270 g/mol. The van der Waals surface area contributed by atoms with E-state index in [0.29, 0.717) is 18.2 Å². The maximum Gasteiger partial charge on any atom is 0.355 e. The molecule has 1 atom stereocenters. The topological polar surface area (TPSA) is 101 Å². The van der Waals surface area contributed by atoms with Gasteiger partial charge < -0.3 is 20.5 Å². The first-order valence-electron chi connectivity index (χ1n) is 5.71. The Morgan fingerprint density at radius 2 is 2.26 bits per heavy atom. The monoisotopic (exact) mass is 287 g/mol. The summed E-state index contributed by atoms with van der Waals surface area (Å²) in [5.74, 6) is -0.838. The lowest BCUT2D eigenvalue weighted by Crippen LogP contribution is -2.38. The Labute approximate surface area is 115 Å². The zero-order valence-corrected chi connectivity index (χ0v) is 11.6. The van der Waals surface area contributed by atoms with Gasteiger partial charge in [-0.15, -0.1) is 11.3 Å². The maximum atomic E-state index is 11.5. The molecule has 7 nitrogen and oxygen atoms in total. The highest BCUT2D eigenvalue weighted by molar-refractivity contribution is 7.09. The third-order valence-corrected chi connectivity index (χ3v) is 3.08. The van der Waals surface area contributed by atoms with E-state index in [1.807, 2.05) is 6.92 Å². The molecule has 0 spiro atoms. The van der Waals surface area contributed by atoms with Crippen molar-refractivity contribution >= 4 is 23.3 Å². The Kier molecular flexibility index (Phi) is 6.23. The lowest BCUT2D eigenvalue weighted by molar-refractivity contribution is 0.0691. The van der Waals surface area contributed by atoms with Gasteiger partial charge in [-0.25, -0.2) is 14.6 Å². The second-order valence-corrected chi connectivity index (χ2v) is 5.00. The second kappa shape index (κ2) is 7.70. The van der Waals surface area contributed by atoms with Crippen LogP contribution in [-0.4, -0.2) is 42.4 Å². The maximum absolute atomic E-state index is 11.5. The number of methoxy groups -OCH3 is 1. The van der Waals surface area contributed by atoms with Gasteiger partial charge in [0.2, 0.25) is 0 Å². The van der Waals surface area contributed by atoms with E-state index in [4.69, 9.17) is 9.84 Å². The average Bonchev–Trinajstić information content (AvgIpc) is 2.83. The van der Waals surface area contributed by atoms with Gasteiger partial charge in [0.1, 0.15) is 5.01 Å². The molecular formula is C11H17N3O4S. The molecule has 0 aromatic carbocycles. The van der Waals surface area contributed by atoms with Gasteiger partial charge in [-0.1, -0.05) is 6.92 Å². The minimum atomic E-state index is -1.07. The minimum Gasteiger partial charge on any atom is -0.476 e. The number of rotatable bonds is 7. The Bertz CT molecular complexity index is 435. The predicted octanol–water partition coefficient (Wildman–Crippen LogP) is 0.923. The standard InChI is InChI=1S/C11H17N3O4S/c1-7(5-18-2)3-12-11(17)13-4-9-14-8(6-19-9)10(15)16/h6-7H,3-5H2,1-2H3,(H,15,16)(H2,12,13,17). The molecule has 1 heterocycles. The van der Waals surface area contributed by atoms with Crippen molar-refractivity contribution in [2.75, 3.05) is 20.3 Å². The lowest BCUT2D eigenvalue weighted by Gasteiger charge is -2.11. The third-order valence-electron chi connectivity index (χ3n) is 2.23. The minimum absolute atomic E-state index is 0.00377. The molecule has 1 rings (SSSR count). The second-order valence-electron chi connectivity index (χ2n) is 4.06. The van der Waals surface area contributed by atoms with Crippen molar-refractivity contribution in [2.45, 2.75) is 13.5 Å². The van der Waals surface area contributed by atoms with E-state index in [-0.39, 0.29) is 24.2 Å². The molecule has 8 heteroatoms. The number of hydrogen-bond acceptors (Lipinski definition) is 5. The van der Waals surface area contributed by atoms with Crippen LogP contribution in [0.1, 0.15) is 22.4 Å². The third kappa shape index (κ3) is 5.66. The molecule has 0 aliphatic rings. The van der Waals surface area contributed by atoms with Crippen molar-refractivity contribution < 1.29 is 19.4 Å². The van der Waals surface area contributed by atoms with Crippen molar-refractivity contribution in [3.8, 4) is 0 Å². The summed E-state index contributed by atoms with van der Waals surface area (Å²) in [4.78, 5) is 26.0. The molecule has 0 aliphatic heterocycles. The number of aromatic carboxylic acids is 1. The average molecular weight is 287 g/mol. The molecule has 2 amide bonds. The molecule has 0 saturated carbocycles. The van der Waals surface area contributed by atoms with Crippen LogP contribution in [0, 0.1) is 5.92 Å². The number of carbonyl (C=O) groups excluding carboxylic acids is 1. The number of thiazole rings is 1. The van der Waals surface area contributed by atoms with Crippen LogP contribution in [0.5, 0.6) is 0 Å². The fourth-order valence-electron chi connectivity index (χ4n) is 1.32. The van der Waals surface area contributed by atoms with Crippen molar-refractivity contribution in [1.29, 1.82) is 0 Å². The lowest BCUT2D eigenvalue weighted by atomic mass is 10.2. The fourth-order valence-corrected chi connectivity index (χ4v) is 2.03. The highest BCUT2D eigenvalue weighted by atomic mass is 32.1. The normalized spacial score (nSPS) is 11.9. The summed E-state index contributed by atoms with van der Waals surface area (Å²) in [5, 5.41) is 16.0. The number of nitrogens with one attached hydrogen (secondary N) is 2. The molecule has 1 unspecified atom stereocenters. The van der Waals surface area contributed by atoms with Gasteiger partial charge >= 0.3 is 12.0 Å². The summed E-state index contributed by atoms with van der Waals surface area (Å²) in [6.45, 7) is 3.26. The Morgan fingerprint density at radius 3 is 2.84 bits per heavy atom. The van der Waals surface area contributed by atoms with Crippen LogP contribution in [0.15, 0.2) is 5.38 Å². The van der Waals surface area contributed by atoms with E-state index < -0.39 is 5.97 Å². The molecule has 1 aromatic heterocycles. The fraction of sp³-hybridized carbons (Fsp3) is 0.545. The quantitative estimate of drug-likeness (QED) is 0.692. The van der Waals surface area contributed by atoms with E-state index in [1.165, 1.54) is 16.7 Å². The van der Waals surface area contributed by atoms with Crippen molar-refractivity contribution in [2.24, 2.45) is 5.92 Å². The first-order chi connectivity index (χ1) is 9.02. The van der Waals surface area contributed by atoms with Crippen LogP contribution < -0.4 is 10.6 Å². The number of hydrogen-bond donors (Lipinski definition) is 3. The van der Waals surface area contributed by atoms with Crippen LogP contribution in [0.2, 0.25) is 0 Å². The largest absolute Gasteiger partial charge is 0.476 e. The summed E-state index contributed by atoms with van der Waals surface area (Å²) < 4.78 is 4.95. The number of aromatic nitrogens is 1. The number of carboxylic acid groups (broad SMARTS) is 1. The molecule has 19 heavy (non-hydrogen) atoms. The van der Waals surface area contributed by atoms with Gasteiger partial charge in [0, 0.05) is 19.0 Å². The Balaban J connectivity index is 2.27. The number of carbonyl (C=O) groups is 2. The van der Waals surface area contributed by atoms with Crippen molar-refractivity contribution in [3.05, 3.63) is 16.1 Å². The number of nitrogens with zero attached hydrogens (tertiary/aromatic N) is 1. The molecule has 0 bridgehead atoms. The summed E-state index contributed by atoms with van der Waals surface area (Å²) in [6.07, 6.45) is 0. The number of amides is 2. The van der Waals surface area contributed by atoms with Crippen LogP contribution in [0.4, 0.5) is 4.79 Å². The van der Waals surface area contributed by atoms with Crippen LogP contribution in [0.3, 0.4) is 0 Å². The molecule has 3 N–H and O–H groups in total.